The molecule has 0 aliphatic carbocycles. The van der Waals surface area contributed by atoms with Crippen molar-refractivity contribution in [2.45, 2.75) is 19.4 Å². The van der Waals surface area contributed by atoms with Crippen molar-refractivity contribution in [3.63, 3.8) is 0 Å². The normalized spacial score (nSPS) is 10.5. The summed E-state index contributed by atoms with van der Waals surface area (Å²) in [6.45, 7) is 0.594. The van der Waals surface area contributed by atoms with Crippen LogP contribution in [0.25, 0.3) is 0 Å². The number of aliphatic hydroxyl groups excluding tert-OH is 1. The highest BCUT2D eigenvalue weighted by atomic mass is 19.1. The lowest BCUT2D eigenvalue weighted by Crippen LogP contribution is -2.37. The number of nitrogens with one attached hydrogen (secondary N) is 2. The van der Waals surface area contributed by atoms with E-state index in [-0.39, 0.29) is 31.2 Å². The molecule has 0 saturated heterocycles. The highest BCUT2D eigenvalue weighted by Gasteiger charge is 2.08. The van der Waals surface area contributed by atoms with Crippen LogP contribution in [-0.4, -0.2) is 24.2 Å². The Morgan fingerprint density at radius 3 is 2.00 bits per heavy atom. The fraction of sp³-hybridized carbons (Fsp3) is 0.278. The second-order valence-electron chi connectivity index (χ2n) is 5.36. The Labute approximate surface area is 139 Å². The molecule has 2 rings (SSSR count). The molecule has 0 unspecified atom stereocenters. The SMILES string of the molecule is O=C(NCCc1ccc(CO)cc1)NCCc1c(F)cccc1F. The van der Waals surface area contributed by atoms with Crippen LogP contribution < -0.4 is 10.6 Å². The Balaban J connectivity index is 1.68. The molecule has 0 saturated carbocycles. The number of carbonyl (C=O) groups excluding carboxylic acids is 1. The summed E-state index contributed by atoms with van der Waals surface area (Å²) >= 11 is 0. The van der Waals surface area contributed by atoms with Crippen LogP contribution >= 0.6 is 0 Å². The number of hydrogen-bond acceptors (Lipinski definition) is 2. The zero-order valence-electron chi connectivity index (χ0n) is 13.2. The molecule has 3 N–H and O–H groups in total. The first kappa shape index (κ1) is 17.9. The first-order valence-electron chi connectivity index (χ1n) is 7.73. The van der Waals surface area contributed by atoms with Crippen LogP contribution in [-0.2, 0) is 19.4 Å². The van der Waals surface area contributed by atoms with Gasteiger partial charge in [-0.15, -0.1) is 0 Å². The largest absolute Gasteiger partial charge is 0.392 e. The molecule has 0 heterocycles. The van der Waals surface area contributed by atoms with Gasteiger partial charge in [-0.25, -0.2) is 13.6 Å². The average Bonchev–Trinajstić information content (AvgIpc) is 2.58. The van der Waals surface area contributed by atoms with Crippen molar-refractivity contribution < 1.29 is 18.7 Å². The summed E-state index contributed by atoms with van der Waals surface area (Å²) in [7, 11) is 0. The summed E-state index contributed by atoms with van der Waals surface area (Å²) in [4.78, 5) is 11.7. The van der Waals surface area contributed by atoms with Gasteiger partial charge in [-0.2, -0.15) is 0 Å². The number of benzene rings is 2. The lowest BCUT2D eigenvalue weighted by atomic mass is 10.1. The number of halogens is 2. The zero-order valence-corrected chi connectivity index (χ0v) is 13.2. The summed E-state index contributed by atoms with van der Waals surface area (Å²) in [5.41, 5.74) is 1.85. The summed E-state index contributed by atoms with van der Waals surface area (Å²) in [5.74, 6) is -1.22. The van der Waals surface area contributed by atoms with Crippen LogP contribution in [0.5, 0.6) is 0 Å². The van der Waals surface area contributed by atoms with E-state index < -0.39 is 11.6 Å². The van der Waals surface area contributed by atoms with Crippen molar-refractivity contribution in [1.82, 2.24) is 10.6 Å². The molecular formula is C18H20F2N2O2. The van der Waals surface area contributed by atoms with E-state index in [2.05, 4.69) is 10.6 Å². The lowest BCUT2D eigenvalue weighted by molar-refractivity contribution is 0.241. The summed E-state index contributed by atoms with van der Waals surface area (Å²) in [5, 5.41) is 14.2. The van der Waals surface area contributed by atoms with E-state index in [1.54, 1.807) is 0 Å². The summed E-state index contributed by atoms with van der Waals surface area (Å²) < 4.78 is 26.9. The Kier molecular flexibility index (Phi) is 6.69. The van der Waals surface area contributed by atoms with Crippen molar-refractivity contribution in [2.75, 3.05) is 13.1 Å². The average molecular weight is 334 g/mol. The van der Waals surface area contributed by atoms with Crippen LogP contribution in [0.15, 0.2) is 42.5 Å². The maximum absolute atomic E-state index is 13.4. The number of rotatable bonds is 7. The van der Waals surface area contributed by atoms with Gasteiger partial charge in [-0.05, 0) is 36.1 Å². The molecule has 6 heteroatoms. The maximum Gasteiger partial charge on any atom is 0.314 e. The van der Waals surface area contributed by atoms with Gasteiger partial charge < -0.3 is 15.7 Å². The zero-order chi connectivity index (χ0) is 17.4. The molecule has 0 aliphatic heterocycles. The minimum absolute atomic E-state index is 0.00351. The number of amides is 2. The fourth-order valence-electron chi connectivity index (χ4n) is 2.27. The van der Waals surface area contributed by atoms with E-state index in [1.165, 1.54) is 18.2 Å². The number of hydrogen-bond donors (Lipinski definition) is 3. The molecule has 2 aromatic rings. The van der Waals surface area contributed by atoms with Gasteiger partial charge in [0.25, 0.3) is 0 Å². The topological polar surface area (TPSA) is 61.4 Å². The van der Waals surface area contributed by atoms with Gasteiger partial charge in [0, 0.05) is 18.7 Å². The fourth-order valence-corrected chi connectivity index (χ4v) is 2.27. The molecule has 0 aromatic heterocycles. The monoisotopic (exact) mass is 334 g/mol. The van der Waals surface area contributed by atoms with Gasteiger partial charge in [-0.3, -0.25) is 0 Å². The third-order valence-electron chi connectivity index (χ3n) is 3.63. The molecule has 24 heavy (non-hydrogen) atoms. The van der Waals surface area contributed by atoms with Gasteiger partial charge in [0.05, 0.1) is 6.61 Å². The Hall–Kier alpha value is -2.47. The second kappa shape index (κ2) is 8.98. The van der Waals surface area contributed by atoms with E-state index >= 15 is 0 Å². The smallest absolute Gasteiger partial charge is 0.314 e. The molecule has 0 bridgehead atoms. The number of urea groups is 1. The van der Waals surface area contributed by atoms with Crippen LogP contribution in [0.4, 0.5) is 13.6 Å². The minimum atomic E-state index is -0.608. The van der Waals surface area contributed by atoms with E-state index in [4.69, 9.17) is 5.11 Å². The van der Waals surface area contributed by atoms with Crippen molar-refractivity contribution in [1.29, 1.82) is 0 Å². The Morgan fingerprint density at radius 1 is 0.875 bits per heavy atom. The summed E-state index contributed by atoms with van der Waals surface area (Å²) in [6, 6.07) is 10.8. The standard InChI is InChI=1S/C18H20F2N2O2/c19-16-2-1-3-17(20)15(16)9-11-22-18(24)21-10-8-13-4-6-14(12-23)7-5-13/h1-7,23H,8-12H2,(H2,21,22,24). The van der Waals surface area contributed by atoms with Gasteiger partial charge in [0.2, 0.25) is 0 Å². The molecular weight excluding hydrogens is 314 g/mol. The molecule has 2 amide bonds. The van der Waals surface area contributed by atoms with Crippen molar-refractivity contribution in [2.24, 2.45) is 0 Å². The van der Waals surface area contributed by atoms with Crippen molar-refractivity contribution in [3.8, 4) is 0 Å². The second-order valence-corrected chi connectivity index (χ2v) is 5.36. The van der Waals surface area contributed by atoms with E-state index in [9.17, 15) is 13.6 Å². The molecule has 0 fully saturated rings. The van der Waals surface area contributed by atoms with Crippen LogP contribution in [0.1, 0.15) is 16.7 Å². The predicted octanol–water partition coefficient (Wildman–Crippen LogP) is 2.54. The van der Waals surface area contributed by atoms with E-state index in [0.717, 1.165) is 11.1 Å². The quantitative estimate of drug-likeness (QED) is 0.729. The van der Waals surface area contributed by atoms with Crippen molar-refractivity contribution in [3.05, 3.63) is 70.8 Å². The van der Waals surface area contributed by atoms with Crippen molar-refractivity contribution >= 4 is 6.03 Å². The third kappa shape index (κ3) is 5.31. The Morgan fingerprint density at radius 2 is 1.42 bits per heavy atom. The first-order valence-corrected chi connectivity index (χ1v) is 7.73. The molecule has 0 spiro atoms. The van der Waals surface area contributed by atoms with Gasteiger partial charge >= 0.3 is 6.03 Å². The van der Waals surface area contributed by atoms with Gasteiger partial charge in [-0.1, -0.05) is 30.3 Å². The highest BCUT2D eigenvalue weighted by molar-refractivity contribution is 5.73. The maximum atomic E-state index is 13.4. The first-order chi connectivity index (χ1) is 11.6. The number of aliphatic hydroxyl groups is 1. The van der Waals surface area contributed by atoms with E-state index in [1.807, 2.05) is 24.3 Å². The minimum Gasteiger partial charge on any atom is -0.392 e. The van der Waals surface area contributed by atoms with Crippen LogP contribution in [0, 0.1) is 11.6 Å². The van der Waals surface area contributed by atoms with Crippen LogP contribution in [0.3, 0.4) is 0 Å². The predicted molar refractivity (Wildman–Crippen MR) is 87.5 cm³/mol. The Bertz CT molecular complexity index is 655. The van der Waals surface area contributed by atoms with Crippen LogP contribution in [0.2, 0.25) is 0 Å². The molecule has 0 aliphatic rings. The molecule has 128 valence electrons. The van der Waals surface area contributed by atoms with Gasteiger partial charge in [0.1, 0.15) is 11.6 Å². The summed E-state index contributed by atoms with van der Waals surface area (Å²) in [6.07, 6.45) is 0.746. The molecule has 2 aromatic carbocycles. The van der Waals surface area contributed by atoms with E-state index in [0.29, 0.717) is 13.0 Å². The highest BCUT2D eigenvalue weighted by Crippen LogP contribution is 2.12. The number of carbonyl (C=O) groups is 1. The molecule has 0 radical (unpaired) electrons. The molecule has 0 atom stereocenters. The molecule has 4 nitrogen and oxygen atoms in total. The lowest BCUT2D eigenvalue weighted by Gasteiger charge is -2.09. The van der Waals surface area contributed by atoms with Gasteiger partial charge in [0.15, 0.2) is 0 Å². The third-order valence-corrected chi connectivity index (χ3v) is 3.63.